The maximum Gasteiger partial charge on any atom is 0.420 e. The molecular weight excluding hydrogens is 575 g/mol. The smallest absolute Gasteiger partial charge is 0.420 e. The molecule has 0 bridgehead atoms. The highest BCUT2D eigenvalue weighted by Gasteiger charge is 2.36. The third-order valence-corrected chi connectivity index (χ3v) is 7.27. The van der Waals surface area contributed by atoms with E-state index in [1.165, 1.54) is 23.9 Å². The molecule has 0 N–H and O–H groups in total. The molecule has 0 atom stereocenters. The maximum absolute atomic E-state index is 14.8. The lowest BCUT2D eigenvalue weighted by Crippen LogP contribution is -2.24. The van der Waals surface area contributed by atoms with Gasteiger partial charge in [-0.05, 0) is 73.7 Å². The average Bonchev–Trinajstić information content (AvgIpc) is 3.26. The number of aryl methyl sites for hydroxylation is 1. The molecule has 0 saturated heterocycles. The molecule has 3 aromatic carbocycles. The van der Waals surface area contributed by atoms with Crippen LogP contribution in [0.2, 0.25) is 0 Å². The lowest BCUT2D eigenvalue weighted by atomic mass is 9.98. The van der Waals surface area contributed by atoms with E-state index in [0.29, 0.717) is 48.3 Å². The third-order valence-electron chi connectivity index (χ3n) is 7.27. The summed E-state index contributed by atoms with van der Waals surface area (Å²) in [7, 11) is 1.31. The van der Waals surface area contributed by atoms with Crippen molar-refractivity contribution in [2.24, 2.45) is 0 Å². The molecule has 0 spiro atoms. The van der Waals surface area contributed by atoms with Gasteiger partial charge in [0.15, 0.2) is 5.75 Å². The molecule has 2 aromatic heterocycles. The van der Waals surface area contributed by atoms with Crippen LogP contribution in [0.3, 0.4) is 0 Å². The quantitative estimate of drug-likeness (QED) is 0.120. The van der Waals surface area contributed by atoms with E-state index in [0.717, 1.165) is 41.3 Å². The molecule has 13 heteroatoms. The zero-order chi connectivity index (χ0) is 30.5. The summed E-state index contributed by atoms with van der Waals surface area (Å²) in [6.07, 6.45) is -2.03. The molecule has 0 fully saturated rings. The Labute approximate surface area is 240 Å². The van der Waals surface area contributed by atoms with Crippen LogP contribution in [0.25, 0.3) is 27.7 Å². The van der Waals surface area contributed by atoms with Gasteiger partial charge < -0.3 is 9.62 Å². The molecular formula is C30H23F5N4O4. The Morgan fingerprint density at radius 1 is 0.953 bits per heavy atom. The maximum atomic E-state index is 14.8. The monoisotopic (exact) mass is 598 g/mol. The fourth-order valence-corrected chi connectivity index (χ4v) is 5.33. The molecule has 8 nitrogen and oxygen atoms in total. The minimum absolute atomic E-state index is 0.0234. The Morgan fingerprint density at radius 2 is 1.77 bits per heavy atom. The Morgan fingerprint density at radius 3 is 2.53 bits per heavy atom. The van der Waals surface area contributed by atoms with Gasteiger partial charge in [-0.15, -0.1) is 0 Å². The van der Waals surface area contributed by atoms with Crippen molar-refractivity contribution in [3.05, 3.63) is 93.7 Å². The van der Waals surface area contributed by atoms with Gasteiger partial charge in [0.25, 0.3) is 5.56 Å². The minimum atomic E-state index is -4.89. The van der Waals surface area contributed by atoms with Crippen LogP contribution in [-0.4, -0.2) is 26.4 Å². The number of rotatable bonds is 6. The van der Waals surface area contributed by atoms with Gasteiger partial charge in [0.05, 0.1) is 29.1 Å². The summed E-state index contributed by atoms with van der Waals surface area (Å²) in [5, 5.41) is 0.277. The van der Waals surface area contributed by atoms with Crippen molar-refractivity contribution in [2.45, 2.75) is 38.9 Å². The molecule has 0 amide bonds. The first-order valence-electron chi connectivity index (χ1n) is 13.2. The van der Waals surface area contributed by atoms with Gasteiger partial charge in [0.1, 0.15) is 29.4 Å². The predicted octanol–water partition coefficient (Wildman–Crippen LogP) is 6.92. The van der Waals surface area contributed by atoms with E-state index < -0.39 is 34.7 Å². The molecule has 5 aromatic rings. The lowest BCUT2D eigenvalue weighted by molar-refractivity contribution is -0.178. The van der Waals surface area contributed by atoms with Gasteiger partial charge in [0.2, 0.25) is 5.88 Å². The van der Waals surface area contributed by atoms with Crippen molar-refractivity contribution < 1.29 is 36.5 Å². The predicted molar refractivity (Wildman–Crippen MR) is 145 cm³/mol. The fraction of sp³-hybridized carbons (Fsp3) is 0.233. The molecule has 0 aliphatic carbocycles. The van der Waals surface area contributed by atoms with E-state index in [1.54, 1.807) is 13.0 Å². The first-order valence-corrected chi connectivity index (χ1v) is 13.2. The number of nitrogens with zero attached hydrogens (tertiary/aromatic N) is 4. The van der Waals surface area contributed by atoms with E-state index in [1.807, 2.05) is 0 Å². The van der Waals surface area contributed by atoms with Gasteiger partial charge in [-0.2, -0.15) is 18.1 Å². The summed E-state index contributed by atoms with van der Waals surface area (Å²) in [4.78, 5) is 31.8. The van der Waals surface area contributed by atoms with Crippen molar-refractivity contribution >= 4 is 10.9 Å². The van der Waals surface area contributed by atoms with Gasteiger partial charge in [-0.25, -0.2) is 23.4 Å². The Balaban J connectivity index is 1.49. The van der Waals surface area contributed by atoms with E-state index in [4.69, 9.17) is 14.5 Å². The molecule has 222 valence electrons. The Bertz CT molecular complexity index is 1930. The summed E-state index contributed by atoms with van der Waals surface area (Å²) in [6, 6.07) is 9.10. The molecule has 43 heavy (non-hydrogen) atoms. The zero-order valence-electron chi connectivity index (χ0n) is 22.8. The molecule has 0 unspecified atom stereocenters. The standard InChI is InChI=1S/C30H23F5N4O4/c1-16-11-22-19(14-26(16)43-41-2)28(37-15-36-22)42-25-9-6-17(12-20(25)30(33,34)35)27-23-5-3-4-10-38(23)39(29(27)40)24-13-18(31)7-8-21(24)32/h6-9,11-15H,3-5,10H2,1-2H3. The molecule has 1 aliphatic heterocycles. The SMILES string of the molecule is COOc1cc2c(Oc3ccc(-c4c5n(n(-c6cc(F)ccc6F)c4=O)CCCC5)cc3C(F)(F)F)ncnc2cc1C. The number of aromatic nitrogens is 4. The highest BCUT2D eigenvalue weighted by atomic mass is 19.4. The van der Waals surface area contributed by atoms with Gasteiger partial charge in [-0.3, -0.25) is 9.48 Å². The van der Waals surface area contributed by atoms with E-state index in [9.17, 15) is 26.7 Å². The van der Waals surface area contributed by atoms with Crippen molar-refractivity contribution in [1.29, 1.82) is 0 Å². The fourth-order valence-electron chi connectivity index (χ4n) is 5.33. The highest BCUT2D eigenvalue weighted by Crippen LogP contribution is 2.42. The van der Waals surface area contributed by atoms with Crippen LogP contribution in [0.4, 0.5) is 22.0 Å². The van der Waals surface area contributed by atoms with Crippen LogP contribution in [0.15, 0.2) is 59.7 Å². The number of hydrogen-bond acceptors (Lipinski definition) is 6. The van der Waals surface area contributed by atoms with Gasteiger partial charge in [-0.1, -0.05) is 6.07 Å². The van der Waals surface area contributed by atoms with Crippen LogP contribution < -0.4 is 15.2 Å². The third kappa shape index (κ3) is 5.09. The Kier molecular flexibility index (Phi) is 7.12. The van der Waals surface area contributed by atoms with Crippen molar-refractivity contribution in [3.63, 3.8) is 0 Å². The van der Waals surface area contributed by atoms with Crippen LogP contribution in [0.5, 0.6) is 17.4 Å². The zero-order valence-corrected chi connectivity index (χ0v) is 22.8. The number of halogens is 5. The summed E-state index contributed by atoms with van der Waals surface area (Å²) < 4.78 is 80.4. The summed E-state index contributed by atoms with van der Waals surface area (Å²) in [5.41, 5.74) is -0.792. The first-order chi connectivity index (χ1) is 20.6. The molecule has 6 rings (SSSR count). The number of benzene rings is 3. The summed E-state index contributed by atoms with van der Waals surface area (Å²) in [5.74, 6) is -2.02. The number of alkyl halides is 3. The molecule has 1 aliphatic rings. The largest absolute Gasteiger partial charge is 0.438 e. The van der Waals surface area contributed by atoms with Crippen LogP contribution in [-0.2, 0) is 24.0 Å². The molecule has 3 heterocycles. The molecule has 0 saturated carbocycles. The minimum Gasteiger partial charge on any atom is -0.438 e. The second-order valence-electron chi connectivity index (χ2n) is 9.99. The Hall–Kier alpha value is -4.78. The van der Waals surface area contributed by atoms with Crippen molar-refractivity contribution in [1.82, 2.24) is 19.3 Å². The summed E-state index contributed by atoms with van der Waals surface area (Å²) in [6.45, 7) is 2.05. The van der Waals surface area contributed by atoms with Crippen LogP contribution >= 0.6 is 0 Å². The van der Waals surface area contributed by atoms with Gasteiger partial charge in [0, 0.05) is 18.3 Å². The normalized spacial score (nSPS) is 13.3. The van der Waals surface area contributed by atoms with E-state index >= 15 is 0 Å². The van der Waals surface area contributed by atoms with E-state index in [2.05, 4.69) is 9.97 Å². The van der Waals surface area contributed by atoms with E-state index in [-0.39, 0.29) is 28.1 Å². The lowest BCUT2D eigenvalue weighted by Gasteiger charge is -2.20. The van der Waals surface area contributed by atoms with Crippen molar-refractivity contribution in [2.75, 3.05) is 7.11 Å². The average molecular weight is 599 g/mol. The molecule has 0 radical (unpaired) electrons. The topological polar surface area (TPSA) is 80.4 Å². The van der Waals surface area contributed by atoms with Gasteiger partial charge >= 0.3 is 6.18 Å². The number of ether oxygens (including phenoxy) is 1. The number of hydrogen-bond donors (Lipinski definition) is 0. The second kappa shape index (κ2) is 10.8. The highest BCUT2D eigenvalue weighted by molar-refractivity contribution is 5.86. The first kappa shape index (κ1) is 28.3. The summed E-state index contributed by atoms with van der Waals surface area (Å²) >= 11 is 0. The van der Waals surface area contributed by atoms with Crippen LogP contribution in [0.1, 0.15) is 29.7 Å². The number of fused-ring (bicyclic) bond motifs is 2. The van der Waals surface area contributed by atoms with Crippen LogP contribution in [0, 0.1) is 18.6 Å². The second-order valence-corrected chi connectivity index (χ2v) is 9.99. The van der Waals surface area contributed by atoms with Crippen molar-refractivity contribution in [3.8, 4) is 34.2 Å².